The molecule has 0 unspecified atom stereocenters. The van der Waals surface area contributed by atoms with E-state index in [0.717, 1.165) is 133 Å². The van der Waals surface area contributed by atoms with Crippen molar-refractivity contribution in [2.45, 2.75) is 0 Å². The van der Waals surface area contributed by atoms with Crippen molar-refractivity contribution in [1.82, 2.24) is 19.9 Å². The molecule has 0 saturated heterocycles. The molecule has 0 amide bonds. The zero-order valence-electron chi connectivity index (χ0n) is 40.3. The van der Waals surface area contributed by atoms with Crippen molar-refractivity contribution in [3.63, 3.8) is 0 Å². The molecule has 4 heteroatoms. The van der Waals surface area contributed by atoms with Gasteiger partial charge in [0.05, 0.1) is 44.8 Å². The zero-order chi connectivity index (χ0) is 49.2. The first kappa shape index (κ1) is 44.1. The summed E-state index contributed by atoms with van der Waals surface area (Å²) in [7, 11) is 0. The molecule has 0 aliphatic carbocycles. The number of nitrogens with zero attached hydrogens (tertiary/aromatic N) is 4. The number of pyridine rings is 4. The lowest BCUT2D eigenvalue weighted by atomic mass is 9.93. The molecular formula is C70H46N4. The van der Waals surface area contributed by atoms with Crippen LogP contribution in [0.5, 0.6) is 0 Å². The molecule has 0 radical (unpaired) electrons. The van der Waals surface area contributed by atoms with E-state index < -0.39 is 0 Å². The van der Waals surface area contributed by atoms with Gasteiger partial charge in [-0.25, -0.2) is 19.9 Å². The van der Waals surface area contributed by atoms with Crippen LogP contribution in [0, 0.1) is 0 Å². The predicted octanol–water partition coefficient (Wildman–Crippen LogP) is 18.2. The van der Waals surface area contributed by atoms with Crippen LogP contribution in [0.3, 0.4) is 0 Å². The maximum atomic E-state index is 5.55. The molecule has 4 nitrogen and oxygen atoms in total. The number of rotatable bonds is 10. The van der Waals surface area contributed by atoms with Crippen LogP contribution >= 0.6 is 0 Å². The Morgan fingerprint density at radius 2 is 0.486 bits per heavy atom. The van der Waals surface area contributed by atoms with E-state index in [4.69, 9.17) is 19.9 Å². The Balaban J connectivity index is 0.986. The van der Waals surface area contributed by atoms with Gasteiger partial charge in [-0.1, -0.05) is 243 Å². The third-order valence-corrected chi connectivity index (χ3v) is 13.9. The first-order valence-electron chi connectivity index (χ1n) is 25.0. The highest BCUT2D eigenvalue weighted by Crippen LogP contribution is 2.41. The summed E-state index contributed by atoms with van der Waals surface area (Å²) in [4.78, 5) is 21.9. The predicted molar refractivity (Wildman–Crippen MR) is 311 cm³/mol. The van der Waals surface area contributed by atoms with Gasteiger partial charge in [-0.2, -0.15) is 0 Å². The van der Waals surface area contributed by atoms with E-state index in [1.165, 1.54) is 0 Å². The van der Waals surface area contributed by atoms with Crippen LogP contribution in [0.1, 0.15) is 22.5 Å². The molecule has 0 spiro atoms. The van der Waals surface area contributed by atoms with Crippen molar-refractivity contribution in [2.75, 3.05) is 0 Å². The van der Waals surface area contributed by atoms with E-state index in [2.05, 4.69) is 267 Å². The normalized spacial score (nSPS) is 11.7. The Morgan fingerprint density at radius 3 is 0.797 bits per heavy atom. The second-order valence-corrected chi connectivity index (χ2v) is 18.5. The van der Waals surface area contributed by atoms with Crippen molar-refractivity contribution in [2.24, 2.45) is 0 Å². The minimum absolute atomic E-state index is 0.853. The standard InChI is InChI=1S/C70H46N4/c1-7-19-47(20-8-1)31-37-55-43-61(49-23-11-3-12-24-49)57-39-41-59-63(51-27-15-5-16-28-51)45-65(73-69(59)67(57)71-55)53-33-35-54(36-34-53)66-46-64(52-29-17-6-18-30-52)60-42-40-58-62(50-25-13-4-14-26-50)44-56(72-68(58)70(60)74-66)38-32-48-21-9-2-10-22-48/h1-46H/b37-31+,38-32+. The highest BCUT2D eigenvalue weighted by Gasteiger charge is 2.19. The fourth-order valence-corrected chi connectivity index (χ4v) is 10.2. The van der Waals surface area contributed by atoms with E-state index in [-0.39, 0.29) is 0 Å². The molecule has 0 N–H and O–H groups in total. The fourth-order valence-electron chi connectivity index (χ4n) is 10.2. The number of hydrogen-bond acceptors (Lipinski definition) is 4. The van der Waals surface area contributed by atoms with Gasteiger partial charge in [-0.15, -0.1) is 0 Å². The van der Waals surface area contributed by atoms with Crippen LogP contribution in [0.25, 0.3) is 135 Å². The van der Waals surface area contributed by atoms with Gasteiger partial charge in [0, 0.05) is 32.7 Å². The number of aromatic nitrogens is 4. The van der Waals surface area contributed by atoms with Crippen LogP contribution in [-0.4, -0.2) is 19.9 Å². The largest absolute Gasteiger partial charge is 0.246 e. The Morgan fingerprint density at radius 1 is 0.216 bits per heavy atom. The lowest BCUT2D eigenvalue weighted by Crippen LogP contribution is -1.96. The molecule has 13 rings (SSSR count). The van der Waals surface area contributed by atoms with Gasteiger partial charge in [0.1, 0.15) is 0 Å². The van der Waals surface area contributed by atoms with E-state index in [1.54, 1.807) is 0 Å². The second kappa shape index (κ2) is 19.4. The first-order chi connectivity index (χ1) is 36.7. The smallest absolute Gasteiger partial charge is 0.0978 e. The molecule has 0 bridgehead atoms. The summed E-state index contributed by atoms with van der Waals surface area (Å²) in [6.07, 6.45) is 8.46. The van der Waals surface area contributed by atoms with E-state index in [1.807, 2.05) is 12.1 Å². The van der Waals surface area contributed by atoms with E-state index in [0.29, 0.717) is 0 Å². The zero-order valence-corrected chi connectivity index (χ0v) is 40.3. The van der Waals surface area contributed by atoms with E-state index >= 15 is 0 Å². The van der Waals surface area contributed by atoms with Crippen molar-refractivity contribution >= 4 is 67.9 Å². The second-order valence-electron chi connectivity index (χ2n) is 18.5. The summed E-state index contributed by atoms with van der Waals surface area (Å²) in [5.74, 6) is 0. The monoisotopic (exact) mass is 942 g/mol. The highest BCUT2D eigenvalue weighted by molar-refractivity contribution is 6.14. The van der Waals surface area contributed by atoms with Crippen LogP contribution in [-0.2, 0) is 0 Å². The SMILES string of the molecule is C(=C\c1cc(-c2ccccc2)c2ccc3c(-c4ccccc4)cc(-c4ccc(-c5cc(-c6ccccc6)c6ccc7c(-c8ccccc8)cc(/C=C/c8ccccc8)nc7c6n5)cc4)nc3c2n1)/c1ccccc1. The molecule has 0 saturated carbocycles. The van der Waals surface area contributed by atoms with Crippen molar-refractivity contribution in [3.8, 4) is 67.0 Å². The minimum atomic E-state index is 0.853. The Labute approximate surface area is 430 Å². The van der Waals surface area contributed by atoms with Gasteiger partial charge >= 0.3 is 0 Å². The summed E-state index contributed by atoms with van der Waals surface area (Å²) in [5.41, 5.74) is 20.0. The molecule has 74 heavy (non-hydrogen) atoms. The van der Waals surface area contributed by atoms with Gasteiger partial charge in [-0.05, 0) is 92.1 Å². The fraction of sp³-hybridized carbons (Fsp3) is 0. The number of hydrogen-bond donors (Lipinski definition) is 0. The number of benzene rings is 9. The van der Waals surface area contributed by atoms with Crippen LogP contribution < -0.4 is 0 Å². The van der Waals surface area contributed by atoms with Crippen molar-refractivity contribution in [1.29, 1.82) is 0 Å². The summed E-state index contributed by atoms with van der Waals surface area (Å²) >= 11 is 0. The third kappa shape index (κ3) is 8.61. The third-order valence-electron chi connectivity index (χ3n) is 13.9. The van der Waals surface area contributed by atoms with Crippen molar-refractivity contribution < 1.29 is 0 Å². The lowest BCUT2D eigenvalue weighted by Gasteiger charge is -2.15. The van der Waals surface area contributed by atoms with Gasteiger partial charge in [0.15, 0.2) is 0 Å². The maximum absolute atomic E-state index is 5.55. The average molecular weight is 943 g/mol. The molecule has 13 aromatic rings. The summed E-state index contributed by atoms with van der Waals surface area (Å²) in [6.45, 7) is 0. The Kier molecular flexibility index (Phi) is 11.5. The van der Waals surface area contributed by atoms with Crippen LogP contribution in [0.2, 0.25) is 0 Å². The van der Waals surface area contributed by atoms with Gasteiger partial charge in [0.2, 0.25) is 0 Å². The lowest BCUT2D eigenvalue weighted by molar-refractivity contribution is 1.34. The van der Waals surface area contributed by atoms with E-state index in [9.17, 15) is 0 Å². The molecule has 9 aromatic carbocycles. The molecule has 0 fully saturated rings. The molecular weight excluding hydrogens is 897 g/mol. The molecule has 0 atom stereocenters. The topological polar surface area (TPSA) is 51.6 Å². The van der Waals surface area contributed by atoms with Gasteiger partial charge in [0.25, 0.3) is 0 Å². The summed E-state index contributed by atoms with van der Waals surface area (Å²) in [5, 5.41) is 4.19. The minimum Gasteiger partial charge on any atom is -0.246 e. The maximum Gasteiger partial charge on any atom is 0.0978 e. The first-order valence-corrected chi connectivity index (χ1v) is 25.0. The Bertz CT molecular complexity index is 3960. The van der Waals surface area contributed by atoms with Crippen molar-refractivity contribution in [3.05, 3.63) is 277 Å². The van der Waals surface area contributed by atoms with Crippen LogP contribution in [0.4, 0.5) is 0 Å². The molecule has 4 aromatic heterocycles. The molecule has 0 aliphatic rings. The molecule has 0 aliphatic heterocycles. The van der Waals surface area contributed by atoms with Gasteiger partial charge < -0.3 is 0 Å². The average Bonchev–Trinajstić information content (AvgIpc) is 3.49. The summed E-state index contributed by atoms with van der Waals surface area (Å²) < 4.78 is 0. The number of fused-ring (bicyclic) bond motifs is 6. The molecule has 346 valence electrons. The van der Waals surface area contributed by atoms with Crippen LogP contribution in [0.15, 0.2) is 255 Å². The quantitative estimate of drug-likeness (QED) is 0.128. The Hall–Kier alpha value is -9.90. The summed E-state index contributed by atoms with van der Waals surface area (Å²) in [6, 6.07) is 89.5. The molecule has 4 heterocycles. The highest BCUT2D eigenvalue weighted by atomic mass is 14.8. The van der Waals surface area contributed by atoms with Gasteiger partial charge in [-0.3, -0.25) is 0 Å².